The Morgan fingerprint density at radius 3 is 2.85 bits per heavy atom. The number of anilines is 1. The topological polar surface area (TPSA) is 72.9 Å². The Morgan fingerprint density at radius 1 is 1.40 bits per heavy atom. The standard InChI is InChI=1S/C13H14ClFN4O/c14-11-2-1-9(5-12(11)15)8-19-13(20)6-10(7-18-19)17-4-3-16/h1-2,5-7,17H,3-4,8,16H2. The van der Waals surface area contributed by atoms with Gasteiger partial charge in [-0.3, -0.25) is 4.79 Å². The van der Waals surface area contributed by atoms with Crippen LogP contribution < -0.4 is 16.6 Å². The Balaban J connectivity index is 2.17. The Labute approximate surface area is 120 Å². The molecule has 5 nitrogen and oxygen atoms in total. The van der Waals surface area contributed by atoms with E-state index in [1.807, 2.05) is 0 Å². The van der Waals surface area contributed by atoms with Gasteiger partial charge in [-0.2, -0.15) is 5.10 Å². The van der Waals surface area contributed by atoms with Gasteiger partial charge in [-0.05, 0) is 17.7 Å². The number of hydrogen-bond acceptors (Lipinski definition) is 4. The second-order valence-corrected chi connectivity index (χ2v) is 4.61. The van der Waals surface area contributed by atoms with Gasteiger partial charge in [-0.15, -0.1) is 0 Å². The van der Waals surface area contributed by atoms with Gasteiger partial charge in [0.1, 0.15) is 5.82 Å². The third kappa shape index (κ3) is 3.55. The van der Waals surface area contributed by atoms with Crippen molar-refractivity contribution in [2.75, 3.05) is 18.4 Å². The van der Waals surface area contributed by atoms with Crippen LogP contribution >= 0.6 is 11.6 Å². The lowest BCUT2D eigenvalue weighted by atomic mass is 10.2. The molecular weight excluding hydrogens is 283 g/mol. The molecule has 0 fully saturated rings. The summed E-state index contributed by atoms with van der Waals surface area (Å²) in [6.45, 7) is 1.21. The number of benzene rings is 1. The van der Waals surface area contributed by atoms with Crippen LogP contribution in [0.3, 0.4) is 0 Å². The highest BCUT2D eigenvalue weighted by molar-refractivity contribution is 6.30. The van der Waals surface area contributed by atoms with Crippen LogP contribution in [0.2, 0.25) is 5.02 Å². The van der Waals surface area contributed by atoms with Crippen molar-refractivity contribution in [2.24, 2.45) is 5.73 Å². The van der Waals surface area contributed by atoms with Crippen molar-refractivity contribution in [2.45, 2.75) is 6.54 Å². The second-order valence-electron chi connectivity index (χ2n) is 4.20. The van der Waals surface area contributed by atoms with Gasteiger partial charge in [0.05, 0.1) is 23.5 Å². The third-order valence-electron chi connectivity index (χ3n) is 2.66. The lowest BCUT2D eigenvalue weighted by molar-refractivity contribution is 0.611. The van der Waals surface area contributed by atoms with Crippen molar-refractivity contribution in [1.29, 1.82) is 0 Å². The molecule has 0 radical (unpaired) electrons. The first kappa shape index (κ1) is 14.5. The maximum absolute atomic E-state index is 13.3. The van der Waals surface area contributed by atoms with Gasteiger partial charge >= 0.3 is 0 Å². The minimum Gasteiger partial charge on any atom is -0.382 e. The van der Waals surface area contributed by atoms with Gasteiger partial charge in [0.15, 0.2) is 0 Å². The fraction of sp³-hybridized carbons (Fsp3) is 0.231. The molecule has 3 N–H and O–H groups in total. The van der Waals surface area contributed by atoms with E-state index in [1.165, 1.54) is 29.1 Å². The molecule has 0 spiro atoms. The zero-order valence-electron chi connectivity index (χ0n) is 10.6. The summed E-state index contributed by atoms with van der Waals surface area (Å²) >= 11 is 5.61. The molecule has 0 aliphatic rings. The van der Waals surface area contributed by atoms with E-state index in [4.69, 9.17) is 17.3 Å². The van der Waals surface area contributed by atoms with Gasteiger partial charge in [0.25, 0.3) is 5.56 Å². The maximum Gasteiger partial charge on any atom is 0.269 e. The van der Waals surface area contributed by atoms with E-state index in [9.17, 15) is 9.18 Å². The van der Waals surface area contributed by atoms with Crippen molar-refractivity contribution >= 4 is 17.3 Å². The van der Waals surface area contributed by atoms with E-state index in [0.717, 1.165) is 0 Å². The van der Waals surface area contributed by atoms with Gasteiger partial charge < -0.3 is 11.1 Å². The molecule has 2 rings (SSSR count). The number of nitrogens with zero attached hydrogens (tertiary/aromatic N) is 2. The fourth-order valence-electron chi connectivity index (χ4n) is 1.68. The van der Waals surface area contributed by atoms with Crippen LogP contribution in [0.1, 0.15) is 5.56 Å². The molecule has 1 aromatic heterocycles. The number of aromatic nitrogens is 2. The first-order chi connectivity index (χ1) is 9.60. The Morgan fingerprint density at radius 2 is 2.20 bits per heavy atom. The summed E-state index contributed by atoms with van der Waals surface area (Å²) in [5.41, 5.74) is 6.31. The molecule has 7 heteroatoms. The van der Waals surface area contributed by atoms with Crippen molar-refractivity contribution < 1.29 is 4.39 Å². The highest BCUT2D eigenvalue weighted by Gasteiger charge is 2.04. The van der Waals surface area contributed by atoms with E-state index < -0.39 is 5.82 Å². The van der Waals surface area contributed by atoms with E-state index in [2.05, 4.69) is 10.4 Å². The van der Waals surface area contributed by atoms with Crippen LogP contribution in [-0.2, 0) is 6.54 Å². The third-order valence-corrected chi connectivity index (χ3v) is 2.97. The summed E-state index contributed by atoms with van der Waals surface area (Å²) in [6.07, 6.45) is 1.53. The molecular formula is C13H14ClFN4O. The van der Waals surface area contributed by atoms with Crippen molar-refractivity contribution in [3.8, 4) is 0 Å². The van der Waals surface area contributed by atoms with Gasteiger partial charge in [-0.1, -0.05) is 17.7 Å². The molecule has 1 heterocycles. The van der Waals surface area contributed by atoms with Crippen LogP contribution in [0.4, 0.5) is 10.1 Å². The zero-order chi connectivity index (χ0) is 14.5. The minimum absolute atomic E-state index is 0.0513. The zero-order valence-corrected chi connectivity index (χ0v) is 11.4. The summed E-state index contributed by atoms with van der Waals surface area (Å²) in [4.78, 5) is 11.9. The molecule has 1 aromatic carbocycles. The van der Waals surface area contributed by atoms with Crippen LogP contribution in [0.25, 0.3) is 0 Å². The van der Waals surface area contributed by atoms with Crippen LogP contribution in [-0.4, -0.2) is 22.9 Å². The number of rotatable bonds is 5. The first-order valence-corrected chi connectivity index (χ1v) is 6.43. The Bertz CT molecular complexity index is 659. The molecule has 0 saturated heterocycles. The highest BCUT2D eigenvalue weighted by Crippen LogP contribution is 2.15. The average Bonchev–Trinajstić information content (AvgIpc) is 2.43. The highest BCUT2D eigenvalue weighted by atomic mass is 35.5. The number of hydrogen-bond donors (Lipinski definition) is 2. The van der Waals surface area contributed by atoms with Crippen molar-refractivity contribution in [1.82, 2.24) is 9.78 Å². The van der Waals surface area contributed by atoms with Gasteiger partial charge in [-0.25, -0.2) is 9.07 Å². The lowest BCUT2D eigenvalue weighted by Gasteiger charge is -2.07. The van der Waals surface area contributed by atoms with Crippen LogP contribution in [0, 0.1) is 5.82 Å². The largest absolute Gasteiger partial charge is 0.382 e. The van der Waals surface area contributed by atoms with Gasteiger partial charge in [0, 0.05) is 19.2 Å². The quantitative estimate of drug-likeness (QED) is 0.876. The fourth-order valence-corrected chi connectivity index (χ4v) is 1.79. The predicted octanol–water partition coefficient (Wildman–Crippen LogP) is 1.45. The SMILES string of the molecule is NCCNc1cnn(Cc2ccc(Cl)c(F)c2)c(=O)c1. The smallest absolute Gasteiger partial charge is 0.269 e. The molecule has 2 aromatic rings. The van der Waals surface area contributed by atoms with Gasteiger partial charge in [0.2, 0.25) is 0 Å². The lowest BCUT2D eigenvalue weighted by Crippen LogP contribution is -2.24. The van der Waals surface area contributed by atoms with Crippen molar-refractivity contribution in [3.05, 3.63) is 57.2 Å². The second kappa shape index (κ2) is 6.49. The van der Waals surface area contributed by atoms with E-state index in [-0.39, 0.29) is 17.1 Å². The predicted molar refractivity (Wildman–Crippen MR) is 76.6 cm³/mol. The summed E-state index contributed by atoms with van der Waals surface area (Å²) in [6, 6.07) is 5.82. The number of nitrogens with one attached hydrogen (secondary N) is 1. The molecule has 0 saturated carbocycles. The normalized spacial score (nSPS) is 10.6. The molecule has 0 aliphatic heterocycles. The van der Waals surface area contributed by atoms with E-state index in [0.29, 0.717) is 24.3 Å². The maximum atomic E-state index is 13.3. The number of halogens is 2. The van der Waals surface area contributed by atoms with E-state index in [1.54, 1.807) is 6.07 Å². The Kier molecular flexibility index (Phi) is 4.70. The molecule has 20 heavy (non-hydrogen) atoms. The monoisotopic (exact) mass is 296 g/mol. The molecule has 0 bridgehead atoms. The molecule has 0 amide bonds. The summed E-state index contributed by atoms with van der Waals surface area (Å²) in [7, 11) is 0. The molecule has 0 unspecified atom stereocenters. The summed E-state index contributed by atoms with van der Waals surface area (Å²) in [5.74, 6) is -0.515. The van der Waals surface area contributed by atoms with Crippen molar-refractivity contribution in [3.63, 3.8) is 0 Å². The molecule has 0 aliphatic carbocycles. The van der Waals surface area contributed by atoms with Crippen LogP contribution in [0.5, 0.6) is 0 Å². The molecule has 0 atom stereocenters. The summed E-state index contributed by atoms with van der Waals surface area (Å²) < 4.78 is 14.6. The Hall–Kier alpha value is -1.92. The average molecular weight is 297 g/mol. The minimum atomic E-state index is -0.515. The van der Waals surface area contributed by atoms with E-state index >= 15 is 0 Å². The number of nitrogens with two attached hydrogens (primary N) is 1. The molecule has 106 valence electrons. The summed E-state index contributed by atoms with van der Waals surface area (Å²) in [5, 5.41) is 7.04. The first-order valence-electron chi connectivity index (χ1n) is 6.05. The van der Waals surface area contributed by atoms with Crippen LogP contribution in [0.15, 0.2) is 35.3 Å².